The molecule has 2 aliphatic rings. The normalized spacial score (nSPS) is 30.8. The van der Waals surface area contributed by atoms with Gasteiger partial charge in [-0.25, -0.2) is 8.78 Å². The molecule has 0 aliphatic heterocycles. The second kappa shape index (κ2) is 6.04. The van der Waals surface area contributed by atoms with E-state index in [4.69, 9.17) is 0 Å². The second-order valence-electron chi connectivity index (χ2n) is 6.95. The van der Waals surface area contributed by atoms with Crippen molar-refractivity contribution in [2.45, 2.75) is 58.0 Å². The standard InChI is InChI=1S/C18H24F2O/c1-11-8-15(17(20)10-16(11)19)18(21)14-7-6-12-4-2-3-5-13(12)9-14/h8,10,12-14,18,21H,2-7,9H2,1H3. The third kappa shape index (κ3) is 2.98. The SMILES string of the molecule is Cc1cc(C(O)C2CCC3CCCCC3C2)c(F)cc1F. The van der Waals surface area contributed by atoms with Gasteiger partial charge >= 0.3 is 0 Å². The van der Waals surface area contributed by atoms with Gasteiger partial charge in [0.1, 0.15) is 11.6 Å². The van der Waals surface area contributed by atoms with E-state index < -0.39 is 17.7 Å². The fourth-order valence-corrected chi connectivity index (χ4v) is 4.36. The third-order valence-corrected chi connectivity index (χ3v) is 5.62. The fourth-order valence-electron chi connectivity index (χ4n) is 4.36. The molecular formula is C18H24F2O. The van der Waals surface area contributed by atoms with Crippen LogP contribution in [0.5, 0.6) is 0 Å². The van der Waals surface area contributed by atoms with E-state index in [9.17, 15) is 13.9 Å². The van der Waals surface area contributed by atoms with E-state index in [2.05, 4.69) is 0 Å². The van der Waals surface area contributed by atoms with Crippen molar-refractivity contribution in [2.24, 2.45) is 17.8 Å². The minimum Gasteiger partial charge on any atom is -0.388 e. The van der Waals surface area contributed by atoms with Crippen LogP contribution in [0.3, 0.4) is 0 Å². The summed E-state index contributed by atoms with van der Waals surface area (Å²) >= 11 is 0. The van der Waals surface area contributed by atoms with Gasteiger partial charge < -0.3 is 5.11 Å². The monoisotopic (exact) mass is 294 g/mol. The summed E-state index contributed by atoms with van der Waals surface area (Å²) in [5.41, 5.74) is 0.671. The average Bonchev–Trinajstić information content (AvgIpc) is 2.50. The van der Waals surface area contributed by atoms with Gasteiger partial charge in [-0.15, -0.1) is 0 Å². The number of aliphatic hydroxyl groups excluding tert-OH is 1. The molecule has 1 nitrogen and oxygen atoms in total. The molecule has 0 spiro atoms. The van der Waals surface area contributed by atoms with Crippen molar-refractivity contribution < 1.29 is 13.9 Å². The molecule has 1 aromatic carbocycles. The molecule has 2 aliphatic carbocycles. The van der Waals surface area contributed by atoms with E-state index in [1.165, 1.54) is 31.7 Å². The Bertz CT molecular complexity index is 514. The van der Waals surface area contributed by atoms with Gasteiger partial charge in [-0.2, -0.15) is 0 Å². The molecule has 21 heavy (non-hydrogen) atoms. The zero-order valence-electron chi connectivity index (χ0n) is 12.6. The Hall–Kier alpha value is -0.960. The van der Waals surface area contributed by atoms with Gasteiger partial charge in [0.2, 0.25) is 0 Å². The summed E-state index contributed by atoms with van der Waals surface area (Å²) in [5, 5.41) is 10.6. The summed E-state index contributed by atoms with van der Waals surface area (Å²) < 4.78 is 27.3. The van der Waals surface area contributed by atoms with E-state index >= 15 is 0 Å². The van der Waals surface area contributed by atoms with Crippen molar-refractivity contribution in [3.05, 3.63) is 34.9 Å². The van der Waals surface area contributed by atoms with E-state index in [1.807, 2.05) is 0 Å². The third-order valence-electron chi connectivity index (χ3n) is 5.62. The van der Waals surface area contributed by atoms with Crippen LogP contribution in [0.15, 0.2) is 12.1 Å². The molecule has 0 bridgehead atoms. The highest BCUT2D eigenvalue weighted by Gasteiger charge is 2.36. The van der Waals surface area contributed by atoms with E-state index in [1.54, 1.807) is 6.92 Å². The fraction of sp³-hybridized carbons (Fsp3) is 0.667. The summed E-state index contributed by atoms with van der Waals surface area (Å²) in [4.78, 5) is 0. The lowest BCUT2D eigenvalue weighted by Gasteiger charge is -2.41. The zero-order valence-corrected chi connectivity index (χ0v) is 12.6. The van der Waals surface area contributed by atoms with Crippen LogP contribution in [0.2, 0.25) is 0 Å². The number of hydrogen-bond acceptors (Lipinski definition) is 1. The smallest absolute Gasteiger partial charge is 0.131 e. The average molecular weight is 294 g/mol. The van der Waals surface area contributed by atoms with Gasteiger partial charge in [0.25, 0.3) is 0 Å². The Morgan fingerprint density at radius 1 is 1.00 bits per heavy atom. The maximum absolute atomic E-state index is 14.0. The number of aryl methyl sites for hydroxylation is 1. The van der Waals surface area contributed by atoms with Crippen molar-refractivity contribution in [3.8, 4) is 0 Å². The van der Waals surface area contributed by atoms with Crippen LogP contribution in [0.1, 0.15) is 62.2 Å². The number of halogens is 2. The van der Waals surface area contributed by atoms with Crippen LogP contribution < -0.4 is 0 Å². The maximum atomic E-state index is 14.0. The number of aliphatic hydroxyl groups is 1. The van der Waals surface area contributed by atoms with Crippen LogP contribution in [0.4, 0.5) is 8.78 Å². The quantitative estimate of drug-likeness (QED) is 0.821. The summed E-state index contributed by atoms with van der Waals surface area (Å²) in [6.07, 6.45) is 7.48. The molecule has 0 aromatic heterocycles. The van der Waals surface area contributed by atoms with E-state index in [0.717, 1.165) is 31.2 Å². The number of rotatable bonds is 2. The molecule has 0 saturated heterocycles. The summed E-state index contributed by atoms with van der Waals surface area (Å²) in [5.74, 6) is 0.457. The van der Waals surface area contributed by atoms with E-state index in [-0.39, 0.29) is 11.5 Å². The minimum atomic E-state index is -0.799. The van der Waals surface area contributed by atoms with Crippen LogP contribution in [0.25, 0.3) is 0 Å². The van der Waals surface area contributed by atoms with Crippen LogP contribution in [-0.4, -0.2) is 5.11 Å². The molecule has 4 unspecified atom stereocenters. The Kier molecular flexibility index (Phi) is 4.30. The Morgan fingerprint density at radius 3 is 2.48 bits per heavy atom. The van der Waals surface area contributed by atoms with Gasteiger partial charge in [-0.1, -0.05) is 25.7 Å². The molecule has 0 heterocycles. The van der Waals surface area contributed by atoms with Crippen LogP contribution in [-0.2, 0) is 0 Å². The molecule has 4 atom stereocenters. The molecule has 116 valence electrons. The lowest BCUT2D eigenvalue weighted by atomic mass is 9.66. The van der Waals surface area contributed by atoms with Gasteiger partial charge in [0.05, 0.1) is 6.10 Å². The van der Waals surface area contributed by atoms with Gasteiger partial charge in [-0.3, -0.25) is 0 Å². The Balaban J connectivity index is 1.76. The molecule has 3 heteroatoms. The second-order valence-corrected chi connectivity index (χ2v) is 6.95. The van der Waals surface area contributed by atoms with Crippen molar-refractivity contribution in [2.75, 3.05) is 0 Å². The predicted octanol–water partition coefficient (Wildman–Crippen LogP) is 4.91. The predicted molar refractivity (Wildman–Crippen MR) is 78.8 cm³/mol. The lowest BCUT2D eigenvalue weighted by molar-refractivity contribution is 0.0329. The Labute approximate surface area is 125 Å². The van der Waals surface area contributed by atoms with Gasteiger partial charge in [0, 0.05) is 11.6 Å². The molecule has 0 radical (unpaired) electrons. The number of benzene rings is 1. The number of fused-ring (bicyclic) bond motifs is 1. The Morgan fingerprint density at radius 2 is 1.71 bits per heavy atom. The first-order valence-corrected chi connectivity index (χ1v) is 8.20. The van der Waals surface area contributed by atoms with Crippen molar-refractivity contribution in [1.29, 1.82) is 0 Å². The molecule has 1 aromatic rings. The van der Waals surface area contributed by atoms with Crippen molar-refractivity contribution >= 4 is 0 Å². The summed E-state index contributed by atoms with van der Waals surface area (Å²) in [7, 11) is 0. The highest BCUT2D eigenvalue weighted by molar-refractivity contribution is 5.28. The highest BCUT2D eigenvalue weighted by atomic mass is 19.1. The first kappa shape index (κ1) is 15.0. The lowest BCUT2D eigenvalue weighted by Crippen LogP contribution is -2.30. The molecular weight excluding hydrogens is 270 g/mol. The van der Waals surface area contributed by atoms with Gasteiger partial charge in [-0.05, 0) is 55.6 Å². The largest absolute Gasteiger partial charge is 0.388 e. The molecule has 1 N–H and O–H groups in total. The number of hydrogen-bond donors (Lipinski definition) is 1. The maximum Gasteiger partial charge on any atom is 0.131 e. The highest BCUT2D eigenvalue weighted by Crippen LogP contribution is 2.46. The topological polar surface area (TPSA) is 20.2 Å². The van der Waals surface area contributed by atoms with Crippen LogP contribution in [0, 0.1) is 36.3 Å². The molecule has 2 fully saturated rings. The molecule has 3 rings (SSSR count). The first-order valence-electron chi connectivity index (χ1n) is 8.20. The molecule has 2 saturated carbocycles. The van der Waals surface area contributed by atoms with Crippen molar-refractivity contribution in [1.82, 2.24) is 0 Å². The zero-order chi connectivity index (χ0) is 15.0. The van der Waals surface area contributed by atoms with Crippen molar-refractivity contribution in [3.63, 3.8) is 0 Å². The van der Waals surface area contributed by atoms with E-state index in [0.29, 0.717) is 11.5 Å². The van der Waals surface area contributed by atoms with Crippen LogP contribution >= 0.6 is 0 Å². The summed E-state index contributed by atoms with van der Waals surface area (Å²) in [6, 6.07) is 2.38. The summed E-state index contributed by atoms with van der Waals surface area (Å²) in [6.45, 7) is 1.61. The molecule has 0 amide bonds. The minimum absolute atomic E-state index is 0.115. The van der Waals surface area contributed by atoms with Gasteiger partial charge in [0.15, 0.2) is 0 Å². The first-order chi connectivity index (χ1) is 10.1.